The summed E-state index contributed by atoms with van der Waals surface area (Å²) in [6.45, 7) is 0.451. The van der Waals surface area contributed by atoms with Crippen LogP contribution in [-0.4, -0.2) is 24.2 Å². The van der Waals surface area contributed by atoms with Crippen LogP contribution in [0.25, 0.3) is 11.3 Å². The summed E-state index contributed by atoms with van der Waals surface area (Å²) >= 11 is 0. The average molecular weight is 413 g/mol. The zero-order valence-corrected chi connectivity index (χ0v) is 17.4. The molecule has 31 heavy (non-hydrogen) atoms. The first-order chi connectivity index (χ1) is 15.3. The van der Waals surface area contributed by atoms with Crippen molar-refractivity contribution in [3.63, 3.8) is 0 Å². The molecule has 6 nitrogen and oxygen atoms in total. The Labute approximate surface area is 181 Å². The predicted molar refractivity (Wildman–Crippen MR) is 121 cm³/mol. The maximum Gasteiger partial charge on any atom is 0.163 e. The van der Waals surface area contributed by atoms with Crippen molar-refractivity contribution in [1.29, 1.82) is 0 Å². The number of para-hydroxylation sites is 1. The molecule has 1 heterocycles. The van der Waals surface area contributed by atoms with Gasteiger partial charge in [0.2, 0.25) is 0 Å². The maximum atomic E-state index is 6.00. The van der Waals surface area contributed by atoms with Crippen molar-refractivity contribution in [1.82, 2.24) is 9.97 Å². The van der Waals surface area contributed by atoms with Crippen LogP contribution in [0.5, 0.6) is 17.2 Å². The third-order valence-corrected chi connectivity index (χ3v) is 4.72. The molecular formula is C25H23N3O3. The predicted octanol–water partition coefficient (Wildman–Crippen LogP) is 5.48. The summed E-state index contributed by atoms with van der Waals surface area (Å²) in [5, 5.41) is 3.31. The Morgan fingerprint density at radius 3 is 2.32 bits per heavy atom. The molecule has 0 spiro atoms. The summed E-state index contributed by atoms with van der Waals surface area (Å²) in [4.78, 5) is 8.74. The van der Waals surface area contributed by atoms with Gasteiger partial charge in [0.05, 0.1) is 19.9 Å². The molecule has 0 saturated carbocycles. The van der Waals surface area contributed by atoms with Crippen molar-refractivity contribution in [2.45, 2.75) is 6.61 Å². The van der Waals surface area contributed by atoms with E-state index in [1.165, 1.54) is 6.33 Å². The van der Waals surface area contributed by atoms with Gasteiger partial charge in [0.15, 0.2) is 11.5 Å². The third-order valence-electron chi connectivity index (χ3n) is 4.72. The van der Waals surface area contributed by atoms with E-state index in [1.54, 1.807) is 14.2 Å². The lowest BCUT2D eigenvalue weighted by Gasteiger charge is -2.14. The molecule has 0 amide bonds. The first-order valence-corrected chi connectivity index (χ1v) is 9.84. The Morgan fingerprint density at radius 1 is 0.742 bits per heavy atom. The second-order valence-electron chi connectivity index (χ2n) is 6.75. The number of nitrogens with one attached hydrogen (secondary N) is 1. The zero-order valence-electron chi connectivity index (χ0n) is 17.4. The van der Waals surface area contributed by atoms with Crippen LogP contribution in [0.1, 0.15) is 5.56 Å². The number of aromatic nitrogens is 2. The minimum atomic E-state index is 0.451. The molecule has 4 aromatic rings. The topological polar surface area (TPSA) is 65.5 Å². The van der Waals surface area contributed by atoms with Crippen molar-refractivity contribution in [2.24, 2.45) is 0 Å². The fourth-order valence-corrected chi connectivity index (χ4v) is 3.18. The molecule has 1 N–H and O–H groups in total. The van der Waals surface area contributed by atoms with E-state index < -0.39 is 0 Å². The summed E-state index contributed by atoms with van der Waals surface area (Å²) in [6.07, 6.45) is 1.53. The van der Waals surface area contributed by atoms with Gasteiger partial charge in [-0.25, -0.2) is 9.97 Å². The maximum absolute atomic E-state index is 6.00. The number of hydrogen-bond donors (Lipinski definition) is 1. The van der Waals surface area contributed by atoms with Crippen LogP contribution >= 0.6 is 0 Å². The van der Waals surface area contributed by atoms with Crippen LogP contribution in [-0.2, 0) is 6.61 Å². The Balaban J connectivity index is 1.55. The van der Waals surface area contributed by atoms with Crippen LogP contribution in [0.4, 0.5) is 11.5 Å². The quantitative estimate of drug-likeness (QED) is 0.412. The molecule has 156 valence electrons. The van der Waals surface area contributed by atoms with Gasteiger partial charge in [-0.05, 0) is 29.8 Å². The van der Waals surface area contributed by atoms with Gasteiger partial charge >= 0.3 is 0 Å². The van der Waals surface area contributed by atoms with Crippen LogP contribution in [0.2, 0.25) is 0 Å². The van der Waals surface area contributed by atoms with E-state index in [0.717, 1.165) is 28.3 Å². The molecule has 0 unspecified atom stereocenters. The number of methoxy groups -OCH3 is 2. The Kier molecular flexibility index (Phi) is 6.28. The van der Waals surface area contributed by atoms with Crippen molar-refractivity contribution in [3.8, 4) is 28.5 Å². The highest BCUT2D eigenvalue weighted by atomic mass is 16.5. The highest BCUT2D eigenvalue weighted by Gasteiger charge is 2.10. The van der Waals surface area contributed by atoms with Crippen molar-refractivity contribution in [3.05, 3.63) is 90.8 Å². The van der Waals surface area contributed by atoms with E-state index in [2.05, 4.69) is 15.3 Å². The summed E-state index contributed by atoms with van der Waals surface area (Å²) < 4.78 is 16.9. The van der Waals surface area contributed by atoms with E-state index in [-0.39, 0.29) is 0 Å². The van der Waals surface area contributed by atoms with Gasteiger partial charge in [-0.3, -0.25) is 0 Å². The molecule has 0 saturated heterocycles. The minimum absolute atomic E-state index is 0.451. The van der Waals surface area contributed by atoms with Gasteiger partial charge in [-0.15, -0.1) is 0 Å². The van der Waals surface area contributed by atoms with Crippen LogP contribution < -0.4 is 19.5 Å². The largest absolute Gasteiger partial charge is 0.496 e. The lowest BCUT2D eigenvalue weighted by molar-refractivity contribution is 0.284. The van der Waals surface area contributed by atoms with E-state index >= 15 is 0 Å². The Hall–Kier alpha value is -4.06. The van der Waals surface area contributed by atoms with Gasteiger partial charge in [-0.2, -0.15) is 0 Å². The summed E-state index contributed by atoms with van der Waals surface area (Å²) in [7, 11) is 3.27. The Morgan fingerprint density at radius 2 is 1.52 bits per heavy atom. The molecule has 6 heteroatoms. The van der Waals surface area contributed by atoms with E-state index in [9.17, 15) is 0 Å². The fraction of sp³-hybridized carbons (Fsp3) is 0.120. The van der Waals surface area contributed by atoms with Gasteiger partial charge < -0.3 is 19.5 Å². The number of rotatable bonds is 8. The average Bonchev–Trinajstić information content (AvgIpc) is 2.83. The highest BCUT2D eigenvalue weighted by molar-refractivity contribution is 5.70. The van der Waals surface area contributed by atoms with E-state index in [1.807, 2.05) is 78.9 Å². The highest BCUT2D eigenvalue weighted by Crippen LogP contribution is 2.33. The number of benzene rings is 3. The standard InChI is InChI=1S/C25H23N3O3/c1-29-22-11-7-6-10-20(22)21-15-25(27-17-26-21)28-19-12-13-23(30-2)24(14-19)31-16-18-8-4-3-5-9-18/h3-15,17H,16H2,1-2H3,(H,26,27,28). The second-order valence-corrected chi connectivity index (χ2v) is 6.75. The lowest BCUT2D eigenvalue weighted by Crippen LogP contribution is -2.00. The summed E-state index contributed by atoms with van der Waals surface area (Å²) in [5.41, 5.74) is 3.58. The van der Waals surface area contributed by atoms with Gasteiger partial charge in [0, 0.05) is 23.4 Å². The minimum Gasteiger partial charge on any atom is -0.496 e. The lowest BCUT2D eigenvalue weighted by atomic mass is 10.1. The number of ether oxygens (including phenoxy) is 3. The smallest absolute Gasteiger partial charge is 0.163 e. The van der Waals surface area contributed by atoms with Gasteiger partial charge in [0.25, 0.3) is 0 Å². The SMILES string of the molecule is COc1ccc(Nc2cc(-c3ccccc3OC)ncn2)cc1OCc1ccccc1. The molecule has 0 aliphatic carbocycles. The molecule has 0 aliphatic heterocycles. The first-order valence-electron chi connectivity index (χ1n) is 9.84. The molecule has 0 radical (unpaired) electrons. The summed E-state index contributed by atoms with van der Waals surface area (Å²) in [6, 6.07) is 25.3. The molecule has 0 aliphatic rings. The Bertz CT molecular complexity index is 1150. The molecule has 0 bridgehead atoms. The van der Waals surface area contributed by atoms with E-state index in [0.29, 0.717) is 23.9 Å². The first kappa shape index (κ1) is 20.2. The molecule has 0 atom stereocenters. The number of anilines is 2. The van der Waals surface area contributed by atoms with Crippen molar-refractivity contribution in [2.75, 3.05) is 19.5 Å². The number of nitrogens with zero attached hydrogens (tertiary/aromatic N) is 2. The van der Waals surface area contributed by atoms with Crippen LogP contribution in [0.3, 0.4) is 0 Å². The summed E-state index contributed by atoms with van der Waals surface area (Å²) in [5.74, 6) is 2.73. The van der Waals surface area contributed by atoms with Crippen molar-refractivity contribution >= 4 is 11.5 Å². The fourth-order valence-electron chi connectivity index (χ4n) is 3.18. The van der Waals surface area contributed by atoms with Gasteiger partial charge in [-0.1, -0.05) is 42.5 Å². The van der Waals surface area contributed by atoms with Crippen LogP contribution in [0.15, 0.2) is 85.2 Å². The van der Waals surface area contributed by atoms with E-state index in [4.69, 9.17) is 14.2 Å². The van der Waals surface area contributed by atoms with Crippen molar-refractivity contribution < 1.29 is 14.2 Å². The zero-order chi connectivity index (χ0) is 21.5. The molecule has 3 aromatic carbocycles. The van der Waals surface area contributed by atoms with Gasteiger partial charge in [0.1, 0.15) is 24.5 Å². The third kappa shape index (κ3) is 4.93. The molecule has 4 rings (SSSR count). The van der Waals surface area contributed by atoms with Crippen LogP contribution in [0, 0.1) is 0 Å². The molecular weight excluding hydrogens is 390 g/mol. The molecule has 0 fully saturated rings. The normalized spacial score (nSPS) is 10.4. The second kappa shape index (κ2) is 9.63. The monoisotopic (exact) mass is 413 g/mol. The number of hydrogen-bond acceptors (Lipinski definition) is 6. The molecule has 1 aromatic heterocycles.